The summed E-state index contributed by atoms with van der Waals surface area (Å²) in [7, 11) is 0. The van der Waals surface area contributed by atoms with Crippen LogP contribution in [-0.2, 0) is 0 Å². The molecule has 0 aliphatic carbocycles. The Bertz CT molecular complexity index is 486. The van der Waals surface area contributed by atoms with E-state index >= 15 is 0 Å². The second-order valence-electron chi connectivity index (χ2n) is 6.81. The third kappa shape index (κ3) is 2.04. The number of likely N-dealkylation sites (tertiary alicyclic amines) is 1. The molecule has 3 nitrogen and oxygen atoms in total. The highest BCUT2D eigenvalue weighted by molar-refractivity contribution is 5.35. The van der Waals surface area contributed by atoms with Crippen LogP contribution in [0.1, 0.15) is 38.8 Å². The minimum Gasteiger partial charge on any atom is -0.508 e. The van der Waals surface area contributed by atoms with Crippen LogP contribution in [0.4, 0.5) is 0 Å². The molecule has 2 aliphatic rings. The number of hydrogen-bond acceptors (Lipinski definition) is 3. The van der Waals surface area contributed by atoms with E-state index in [1.54, 1.807) is 0 Å². The van der Waals surface area contributed by atoms with Crippen LogP contribution in [0.3, 0.4) is 0 Å². The van der Waals surface area contributed by atoms with Gasteiger partial charge in [-0.05, 0) is 44.7 Å². The average Bonchev–Trinajstić information content (AvgIpc) is 2.97. The Labute approximate surface area is 122 Å². The van der Waals surface area contributed by atoms with Crippen LogP contribution >= 0.6 is 0 Å². The molecule has 0 radical (unpaired) electrons. The van der Waals surface area contributed by atoms with Crippen molar-refractivity contribution in [1.29, 1.82) is 0 Å². The van der Waals surface area contributed by atoms with Crippen LogP contribution < -0.4 is 5.32 Å². The highest BCUT2D eigenvalue weighted by Gasteiger charge is 2.51. The molecule has 0 amide bonds. The summed E-state index contributed by atoms with van der Waals surface area (Å²) in [6.07, 6.45) is 1.04. The minimum atomic E-state index is 0.192. The molecule has 2 saturated heterocycles. The van der Waals surface area contributed by atoms with Gasteiger partial charge in [0.25, 0.3) is 0 Å². The number of phenols is 1. The Balaban J connectivity index is 1.93. The molecule has 3 unspecified atom stereocenters. The van der Waals surface area contributed by atoms with Crippen LogP contribution in [-0.4, -0.2) is 35.2 Å². The van der Waals surface area contributed by atoms with Gasteiger partial charge in [0.2, 0.25) is 0 Å². The first-order chi connectivity index (χ1) is 9.55. The molecule has 0 aromatic heterocycles. The first-order valence-corrected chi connectivity index (χ1v) is 7.81. The van der Waals surface area contributed by atoms with Gasteiger partial charge < -0.3 is 10.4 Å². The van der Waals surface area contributed by atoms with Crippen LogP contribution in [0, 0.1) is 11.8 Å². The van der Waals surface area contributed by atoms with Crippen molar-refractivity contribution in [3.63, 3.8) is 0 Å². The Kier molecular flexibility index (Phi) is 3.51. The summed E-state index contributed by atoms with van der Waals surface area (Å²) >= 11 is 0. The molecule has 2 N–H and O–H groups in total. The highest BCUT2D eigenvalue weighted by atomic mass is 16.3. The zero-order valence-electron chi connectivity index (χ0n) is 12.8. The van der Waals surface area contributed by atoms with E-state index in [2.05, 4.69) is 37.1 Å². The molecular weight excluding hydrogens is 248 g/mol. The molecule has 3 atom stereocenters. The number of nitrogens with one attached hydrogen (secondary N) is 1. The summed E-state index contributed by atoms with van der Waals surface area (Å²) in [4.78, 5) is 2.62. The van der Waals surface area contributed by atoms with Crippen LogP contribution in [0.15, 0.2) is 24.3 Å². The fraction of sp³-hybridized carbons (Fsp3) is 0.647. The smallest absolute Gasteiger partial charge is 0.120 e. The van der Waals surface area contributed by atoms with Crippen LogP contribution in [0.2, 0.25) is 0 Å². The number of rotatable bonds is 3. The van der Waals surface area contributed by atoms with Crippen molar-refractivity contribution in [3.8, 4) is 5.75 Å². The van der Waals surface area contributed by atoms with E-state index in [9.17, 15) is 5.11 Å². The van der Waals surface area contributed by atoms with Gasteiger partial charge >= 0.3 is 0 Å². The number of para-hydroxylation sites is 1. The molecule has 1 aromatic rings. The first kappa shape index (κ1) is 13.9. The molecule has 110 valence electrons. The van der Waals surface area contributed by atoms with Gasteiger partial charge in [-0.3, -0.25) is 4.90 Å². The van der Waals surface area contributed by atoms with Crippen LogP contribution in [0.5, 0.6) is 5.75 Å². The Morgan fingerprint density at radius 1 is 1.35 bits per heavy atom. The maximum Gasteiger partial charge on any atom is 0.120 e. The SMILES string of the molecule is CCC(c1ccccc1O)N1CC2CNCC2C1(C)C. The quantitative estimate of drug-likeness (QED) is 0.889. The van der Waals surface area contributed by atoms with E-state index in [0.29, 0.717) is 11.8 Å². The predicted octanol–water partition coefficient (Wildman–Crippen LogP) is 2.77. The van der Waals surface area contributed by atoms with Crippen molar-refractivity contribution in [2.75, 3.05) is 19.6 Å². The summed E-state index contributed by atoms with van der Waals surface area (Å²) < 4.78 is 0. The lowest BCUT2D eigenvalue weighted by molar-refractivity contribution is 0.0846. The lowest BCUT2D eigenvalue weighted by atomic mass is 9.84. The molecule has 20 heavy (non-hydrogen) atoms. The largest absolute Gasteiger partial charge is 0.508 e. The normalized spacial score (nSPS) is 30.4. The van der Waals surface area contributed by atoms with Crippen molar-refractivity contribution in [3.05, 3.63) is 29.8 Å². The first-order valence-electron chi connectivity index (χ1n) is 7.81. The molecule has 2 fully saturated rings. The maximum absolute atomic E-state index is 10.2. The van der Waals surface area contributed by atoms with Gasteiger partial charge in [-0.2, -0.15) is 0 Å². The van der Waals surface area contributed by atoms with Crippen LogP contribution in [0.25, 0.3) is 0 Å². The van der Waals surface area contributed by atoms with Crippen molar-refractivity contribution >= 4 is 0 Å². The number of fused-ring (bicyclic) bond motifs is 1. The summed E-state index contributed by atoms with van der Waals surface area (Å²) in [5.41, 5.74) is 1.27. The van der Waals surface area contributed by atoms with E-state index < -0.39 is 0 Å². The van der Waals surface area contributed by atoms with Gasteiger partial charge in [-0.1, -0.05) is 25.1 Å². The van der Waals surface area contributed by atoms with Gasteiger partial charge in [0.15, 0.2) is 0 Å². The van der Waals surface area contributed by atoms with Gasteiger partial charge in [0, 0.05) is 30.2 Å². The topological polar surface area (TPSA) is 35.5 Å². The summed E-state index contributed by atoms with van der Waals surface area (Å²) in [5, 5.41) is 13.7. The fourth-order valence-corrected chi connectivity index (χ4v) is 4.36. The van der Waals surface area contributed by atoms with Crippen molar-refractivity contribution < 1.29 is 5.11 Å². The summed E-state index contributed by atoms with van der Waals surface area (Å²) in [6, 6.07) is 8.13. The van der Waals surface area contributed by atoms with E-state index in [1.807, 2.05) is 18.2 Å². The van der Waals surface area contributed by atoms with Crippen molar-refractivity contribution in [2.24, 2.45) is 11.8 Å². The highest BCUT2D eigenvalue weighted by Crippen LogP contribution is 2.46. The zero-order chi connectivity index (χ0) is 14.3. The van der Waals surface area contributed by atoms with E-state index in [4.69, 9.17) is 0 Å². The molecule has 0 bridgehead atoms. The summed E-state index contributed by atoms with van der Waals surface area (Å²) in [5.74, 6) is 1.91. The monoisotopic (exact) mass is 274 g/mol. The average molecular weight is 274 g/mol. The van der Waals surface area contributed by atoms with Gasteiger partial charge in [-0.25, -0.2) is 0 Å². The maximum atomic E-state index is 10.2. The number of benzene rings is 1. The third-order valence-corrected chi connectivity index (χ3v) is 5.48. The lowest BCUT2D eigenvalue weighted by Gasteiger charge is -2.41. The van der Waals surface area contributed by atoms with Crippen molar-refractivity contribution in [2.45, 2.75) is 38.8 Å². The van der Waals surface area contributed by atoms with Gasteiger partial charge in [0.05, 0.1) is 0 Å². The molecule has 0 saturated carbocycles. The third-order valence-electron chi connectivity index (χ3n) is 5.48. The Morgan fingerprint density at radius 3 is 2.75 bits per heavy atom. The molecule has 3 rings (SSSR count). The van der Waals surface area contributed by atoms with E-state index in [-0.39, 0.29) is 5.54 Å². The second kappa shape index (κ2) is 5.05. The molecule has 0 spiro atoms. The molecule has 1 aromatic carbocycles. The Hall–Kier alpha value is -1.06. The fourth-order valence-electron chi connectivity index (χ4n) is 4.36. The molecular formula is C17H26N2O. The number of phenolic OH excluding ortho intramolecular Hbond substituents is 1. The molecule has 3 heteroatoms. The minimum absolute atomic E-state index is 0.192. The summed E-state index contributed by atoms with van der Waals surface area (Å²) in [6.45, 7) is 10.4. The standard InChI is InChI=1S/C17H26N2O/c1-4-15(13-7-5-6-8-16(13)20)19-11-12-9-18-10-14(12)17(19,2)3/h5-8,12,14-15,18,20H,4,9-11H2,1-3H3. The molecule has 2 heterocycles. The lowest BCUT2D eigenvalue weighted by Crippen LogP contribution is -2.46. The predicted molar refractivity (Wildman–Crippen MR) is 81.8 cm³/mol. The van der Waals surface area contributed by atoms with Gasteiger partial charge in [0.1, 0.15) is 5.75 Å². The van der Waals surface area contributed by atoms with E-state index in [0.717, 1.165) is 43.5 Å². The second-order valence-corrected chi connectivity index (χ2v) is 6.81. The number of aromatic hydroxyl groups is 1. The zero-order valence-corrected chi connectivity index (χ0v) is 12.8. The number of nitrogens with zero attached hydrogens (tertiary/aromatic N) is 1. The Morgan fingerprint density at radius 2 is 2.10 bits per heavy atom. The van der Waals surface area contributed by atoms with Gasteiger partial charge in [-0.15, -0.1) is 0 Å². The number of hydrogen-bond donors (Lipinski definition) is 2. The van der Waals surface area contributed by atoms with E-state index in [1.165, 1.54) is 0 Å². The molecule has 2 aliphatic heterocycles. The van der Waals surface area contributed by atoms with Crippen molar-refractivity contribution in [1.82, 2.24) is 10.2 Å².